The molecule has 0 radical (unpaired) electrons. The van der Waals surface area contributed by atoms with Crippen LogP contribution < -0.4 is 11.1 Å². The number of likely N-dealkylation sites (N-methyl/N-ethyl adjacent to an activating group) is 1. The molecule has 1 saturated heterocycles. The molecule has 0 aromatic heterocycles. The van der Waals surface area contributed by atoms with Gasteiger partial charge in [0, 0.05) is 12.6 Å². The Morgan fingerprint density at radius 2 is 2.36 bits per heavy atom. The maximum absolute atomic E-state index is 5.52. The Morgan fingerprint density at radius 3 is 3.00 bits per heavy atom. The molecule has 2 atom stereocenters. The molecule has 3 nitrogen and oxygen atoms in total. The Hall–Kier alpha value is -0.120. The minimum atomic E-state index is 0.703. The fraction of sp³-hybridized carbons (Fsp3) is 1.00. The first-order valence-corrected chi connectivity index (χ1v) is 5.84. The van der Waals surface area contributed by atoms with E-state index in [4.69, 9.17) is 5.73 Å². The van der Waals surface area contributed by atoms with Gasteiger partial charge >= 0.3 is 0 Å². The van der Waals surface area contributed by atoms with Crippen molar-refractivity contribution in [1.29, 1.82) is 0 Å². The molecule has 0 spiro atoms. The molecular formula is C11H25N3. The van der Waals surface area contributed by atoms with E-state index in [0.717, 1.165) is 19.5 Å². The summed E-state index contributed by atoms with van der Waals surface area (Å²) in [6.07, 6.45) is 3.80. The molecule has 0 bridgehead atoms. The van der Waals surface area contributed by atoms with Gasteiger partial charge in [-0.2, -0.15) is 0 Å². The zero-order chi connectivity index (χ0) is 10.4. The van der Waals surface area contributed by atoms with Gasteiger partial charge in [0.2, 0.25) is 0 Å². The standard InChI is InChI=1S/C11H25N3/c1-10(5-6-12)8-13-11-4-3-7-14(2)9-11/h10-11,13H,3-9,12H2,1-2H3. The number of piperidine rings is 1. The average molecular weight is 199 g/mol. The van der Waals surface area contributed by atoms with Crippen molar-refractivity contribution >= 4 is 0 Å². The Labute approximate surface area is 88.0 Å². The molecule has 0 saturated carbocycles. The number of nitrogens with zero attached hydrogens (tertiary/aromatic N) is 1. The van der Waals surface area contributed by atoms with E-state index in [2.05, 4.69) is 24.2 Å². The first-order valence-electron chi connectivity index (χ1n) is 5.84. The Balaban J connectivity index is 2.10. The molecule has 14 heavy (non-hydrogen) atoms. The van der Waals surface area contributed by atoms with E-state index in [1.165, 1.54) is 25.9 Å². The van der Waals surface area contributed by atoms with E-state index < -0.39 is 0 Å². The van der Waals surface area contributed by atoms with E-state index in [-0.39, 0.29) is 0 Å². The molecule has 1 heterocycles. The lowest BCUT2D eigenvalue weighted by molar-refractivity contribution is 0.222. The topological polar surface area (TPSA) is 41.3 Å². The van der Waals surface area contributed by atoms with Crippen LogP contribution in [-0.2, 0) is 0 Å². The van der Waals surface area contributed by atoms with Gasteiger partial charge in [-0.15, -0.1) is 0 Å². The Bertz CT molecular complexity index is 149. The highest BCUT2D eigenvalue weighted by molar-refractivity contribution is 4.76. The smallest absolute Gasteiger partial charge is 0.0195 e. The molecule has 0 aliphatic carbocycles. The van der Waals surface area contributed by atoms with E-state index >= 15 is 0 Å². The predicted molar refractivity (Wildman–Crippen MR) is 61.4 cm³/mol. The minimum absolute atomic E-state index is 0.703. The lowest BCUT2D eigenvalue weighted by Gasteiger charge is -2.31. The van der Waals surface area contributed by atoms with Crippen molar-refractivity contribution in [3.63, 3.8) is 0 Å². The summed E-state index contributed by atoms with van der Waals surface area (Å²) in [6, 6.07) is 0.703. The highest BCUT2D eigenvalue weighted by Crippen LogP contribution is 2.08. The van der Waals surface area contributed by atoms with Crippen molar-refractivity contribution in [3.8, 4) is 0 Å². The summed E-state index contributed by atoms with van der Waals surface area (Å²) < 4.78 is 0. The normalized spacial score (nSPS) is 26.4. The zero-order valence-electron chi connectivity index (χ0n) is 9.63. The van der Waals surface area contributed by atoms with Crippen LogP contribution in [0.2, 0.25) is 0 Å². The van der Waals surface area contributed by atoms with E-state index in [1.54, 1.807) is 0 Å². The second kappa shape index (κ2) is 6.38. The van der Waals surface area contributed by atoms with Crippen molar-refractivity contribution in [2.45, 2.75) is 32.2 Å². The summed E-state index contributed by atoms with van der Waals surface area (Å²) in [5.41, 5.74) is 5.52. The first kappa shape index (κ1) is 12.0. The van der Waals surface area contributed by atoms with Crippen LogP contribution >= 0.6 is 0 Å². The van der Waals surface area contributed by atoms with Crippen molar-refractivity contribution in [3.05, 3.63) is 0 Å². The minimum Gasteiger partial charge on any atom is -0.330 e. The highest BCUT2D eigenvalue weighted by Gasteiger charge is 2.16. The van der Waals surface area contributed by atoms with E-state index in [1.807, 2.05) is 0 Å². The maximum Gasteiger partial charge on any atom is 0.0195 e. The van der Waals surface area contributed by atoms with Crippen LogP contribution in [0.25, 0.3) is 0 Å². The van der Waals surface area contributed by atoms with Crippen LogP contribution in [0.15, 0.2) is 0 Å². The molecular weight excluding hydrogens is 174 g/mol. The third kappa shape index (κ3) is 4.40. The first-order chi connectivity index (χ1) is 6.72. The second-order valence-electron chi connectivity index (χ2n) is 4.69. The molecule has 1 rings (SSSR count). The third-order valence-corrected chi connectivity index (χ3v) is 3.04. The van der Waals surface area contributed by atoms with Crippen LogP contribution in [0, 0.1) is 5.92 Å². The maximum atomic E-state index is 5.52. The van der Waals surface area contributed by atoms with Crippen LogP contribution in [0.5, 0.6) is 0 Å². The van der Waals surface area contributed by atoms with E-state index in [9.17, 15) is 0 Å². The summed E-state index contributed by atoms with van der Waals surface area (Å²) >= 11 is 0. The third-order valence-electron chi connectivity index (χ3n) is 3.04. The highest BCUT2D eigenvalue weighted by atomic mass is 15.1. The zero-order valence-corrected chi connectivity index (χ0v) is 9.63. The number of rotatable bonds is 5. The number of hydrogen-bond donors (Lipinski definition) is 2. The SMILES string of the molecule is CC(CCN)CNC1CCCN(C)C1. The van der Waals surface area contributed by atoms with Crippen molar-refractivity contribution in [2.24, 2.45) is 11.7 Å². The largest absolute Gasteiger partial charge is 0.330 e. The summed E-state index contributed by atoms with van der Waals surface area (Å²) in [5, 5.41) is 3.64. The summed E-state index contributed by atoms with van der Waals surface area (Å²) in [4.78, 5) is 2.41. The molecule has 3 N–H and O–H groups in total. The van der Waals surface area contributed by atoms with Gasteiger partial charge in [0.1, 0.15) is 0 Å². The van der Waals surface area contributed by atoms with Gasteiger partial charge in [-0.25, -0.2) is 0 Å². The van der Waals surface area contributed by atoms with Crippen LogP contribution in [0.3, 0.4) is 0 Å². The summed E-state index contributed by atoms with van der Waals surface area (Å²) in [7, 11) is 2.21. The molecule has 0 aromatic carbocycles. The molecule has 0 aromatic rings. The molecule has 3 heteroatoms. The van der Waals surface area contributed by atoms with Crippen molar-refractivity contribution in [1.82, 2.24) is 10.2 Å². The molecule has 1 aliphatic rings. The quantitative estimate of drug-likeness (QED) is 0.683. The van der Waals surface area contributed by atoms with Crippen LogP contribution in [0.4, 0.5) is 0 Å². The number of hydrogen-bond acceptors (Lipinski definition) is 3. The van der Waals surface area contributed by atoms with Gasteiger partial charge in [-0.3, -0.25) is 0 Å². The van der Waals surface area contributed by atoms with Gasteiger partial charge in [-0.05, 0) is 51.9 Å². The van der Waals surface area contributed by atoms with Gasteiger partial charge in [0.25, 0.3) is 0 Å². The number of likely N-dealkylation sites (tertiary alicyclic amines) is 1. The fourth-order valence-electron chi connectivity index (χ4n) is 2.09. The lowest BCUT2D eigenvalue weighted by Crippen LogP contribution is -2.45. The fourth-order valence-corrected chi connectivity index (χ4v) is 2.09. The Kier molecular flexibility index (Phi) is 5.45. The average Bonchev–Trinajstić information content (AvgIpc) is 2.15. The predicted octanol–water partition coefficient (Wildman–Crippen LogP) is 0.655. The molecule has 0 amide bonds. The number of nitrogens with two attached hydrogens (primary N) is 1. The monoisotopic (exact) mass is 199 g/mol. The molecule has 84 valence electrons. The van der Waals surface area contributed by atoms with Gasteiger partial charge in [0.15, 0.2) is 0 Å². The molecule has 2 unspecified atom stereocenters. The van der Waals surface area contributed by atoms with Gasteiger partial charge < -0.3 is 16.0 Å². The number of nitrogens with one attached hydrogen (secondary N) is 1. The van der Waals surface area contributed by atoms with Crippen LogP contribution in [-0.4, -0.2) is 44.2 Å². The second-order valence-corrected chi connectivity index (χ2v) is 4.69. The van der Waals surface area contributed by atoms with Crippen molar-refractivity contribution in [2.75, 3.05) is 33.2 Å². The Morgan fingerprint density at radius 1 is 1.57 bits per heavy atom. The summed E-state index contributed by atoms with van der Waals surface area (Å²) in [5.74, 6) is 0.715. The molecule has 1 fully saturated rings. The lowest BCUT2D eigenvalue weighted by atomic mass is 10.0. The van der Waals surface area contributed by atoms with Gasteiger partial charge in [0.05, 0.1) is 0 Å². The molecule has 1 aliphatic heterocycles. The van der Waals surface area contributed by atoms with Crippen LogP contribution in [0.1, 0.15) is 26.2 Å². The van der Waals surface area contributed by atoms with Crippen molar-refractivity contribution < 1.29 is 0 Å². The summed E-state index contributed by atoms with van der Waals surface area (Å²) in [6.45, 7) is 6.67. The van der Waals surface area contributed by atoms with Gasteiger partial charge in [-0.1, -0.05) is 6.92 Å². The van der Waals surface area contributed by atoms with E-state index in [0.29, 0.717) is 12.0 Å².